The molecule has 0 saturated carbocycles. The average Bonchev–Trinajstić information content (AvgIpc) is 3.26. The molecule has 0 unspecified atom stereocenters. The molecule has 3 aromatic rings. The minimum atomic E-state index is -4.75. The Kier molecular flexibility index (Phi) is 8.47. The summed E-state index contributed by atoms with van der Waals surface area (Å²) in [6, 6.07) is 12.6. The Morgan fingerprint density at radius 3 is 2.50 bits per heavy atom. The lowest BCUT2D eigenvalue weighted by atomic mass is 10.0. The minimum Gasteiger partial charge on any atom is -0.467 e. The number of ether oxygens (including phenoxy) is 1. The van der Waals surface area contributed by atoms with Crippen molar-refractivity contribution in [3.8, 4) is 11.6 Å². The van der Waals surface area contributed by atoms with E-state index in [1.807, 2.05) is 6.26 Å². The fraction of sp³-hybridized carbons (Fsp3) is 0.273. The summed E-state index contributed by atoms with van der Waals surface area (Å²) in [5.41, 5.74) is -0.614. The molecule has 1 amide bonds. The van der Waals surface area contributed by atoms with Crippen molar-refractivity contribution in [2.24, 2.45) is 0 Å². The van der Waals surface area contributed by atoms with E-state index in [-0.39, 0.29) is 16.6 Å². The van der Waals surface area contributed by atoms with E-state index in [1.165, 1.54) is 23.9 Å². The van der Waals surface area contributed by atoms with Gasteiger partial charge in [0.2, 0.25) is 5.88 Å². The Labute approximate surface area is 202 Å². The topological polar surface area (TPSA) is 96.6 Å². The number of aliphatic hydroxyl groups is 2. The van der Waals surface area contributed by atoms with E-state index in [4.69, 9.17) is 16.3 Å². The van der Waals surface area contributed by atoms with Crippen LogP contribution in [0.1, 0.15) is 17.4 Å². The molecule has 0 aliphatic heterocycles. The molecule has 2 aromatic carbocycles. The van der Waals surface area contributed by atoms with Crippen LogP contribution in [-0.4, -0.2) is 51.4 Å². The van der Waals surface area contributed by atoms with Crippen LogP contribution in [0.15, 0.2) is 59.5 Å². The van der Waals surface area contributed by atoms with Gasteiger partial charge in [-0.15, -0.1) is 11.8 Å². The highest BCUT2D eigenvalue weighted by Gasteiger charge is 2.36. The molecule has 2 atom stereocenters. The van der Waals surface area contributed by atoms with Crippen LogP contribution < -0.4 is 10.1 Å². The van der Waals surface area contributed by atoms with E-state index in [2.05, 4.69) is 10.4 Å². The highest BCUT2D eigenvalue weighted by Crippen LogP contribution is 2.33. The average molecular weight is 516 g/mol. The van der Waals surface area contributed by atoms with Crippen LogP contribution in [-0.2, 0) is 11.0 Å². The Bertz CT molecular complexity index is 1130. The van der Waals surface area contributed by atoms with E-state index in [1.54, 1.807) is 36.4 Å². The number of alkyl halides is 3. The maximum Gasteiger partial charge on any atom is 0.435 e. The third-order valence-electron chi connectivity index (χ3n) is 4.78. The van der Waals surface area contributed by atoms with Gasteiger partial charge in [-0.3, -0.25) is 4.79 Å². The zero-order valence-corrected chi connectivity index (χ0v) is 19.4. The first-order valence-corrected chi connectivity index (χ1v) is 11.5. The van der Waals surface area contributed by atoms with Gasteiger partial charge in [0.25, 0.3) is 5.91 Å². The van der Waals surface area contributed by atoms with E-state index in [9.17, 15) is 28.2 Å². The van der Waals surface area contributed by atoms with Crippen LogP contribution in [0.5, 0.6) is 5.88 Å². The highest BCUT2D eigenvalue weighted by atomic mass is 35.5. The third-order valence-corrected chi connectivity index (χ3v) is 5.84. The molecule has 7 nitrogen and oxygen atoms in total. The predicted molar refractivity (Wildman–Crippen MR) is 121 cm³/mol. The first-order valence-electron chi connectivity index (χ1n) is 9.91. The SMILES string of the molecule is CSc1ccc([C@H](O)[C@H](CO)NC(=O)COc2cc(C(F)(F)F)nn2-c2ccccc2Cl)cc1. The number of rotatable bonds is 9. The molecule has 12 heteroatoms. The molecule has 34 heavy (non-hydrogen) atoms. The van der Waals surface area contributed by atoms with Gasteiger partial charge in [-0.1, -0.05) is 35.9 Å². The Balaban J connectivity index is 1.73. The van der Waals surface area contributed by atoms with E-state index in [0.29, 0.717) is 11.6 Å². The smallest absolute Gasteiger partial charge is 0.435 e. The van der Waals surface area contributed by atoms with Gasteiger partial charge < -0.3 is 20.3 Å². The van der Waals surface area contributed by atoms with Gasteiger partial charge in [0.05, 0.1) is 23.4 Å². The zero-order chi connectivity index (χ0) is 24.9. The Hall–Kier alpha value is -2.73. The second kappa shape index (κ2) is 11.1. The zero-order valence-electron chi connectivity index (χ0n) is 17.8. The van der Waals surface area contributed by atoms with Gasteiger partial charge in [0.1, 0.15) is 6.10 Å². The molecule has 0 aliphatic rings. The van der Waals surface area contributed by atoms with Crippen molar-refractivity contribution < 1.29 is 32.9 Å². The number of carbonyl (C=O) groups excluding carboxylic acids is 1. The summed E-state index contributed by atoms with van der Waals surface area (Å²) in [5.74, 6) is -1.12. The number of nitrogens with zero attached hydrogens (tertiary/aromatic N) is 2. The molecular formula is C22H21ClF3N3O4S. The summed E-state index contributed by atoms with van der Waals surface area (Å²) in [6.07, 6.45) is -4.06. The molecule has 0 bridgehead atoms. The van der Waals surface area contributed by atoms with Crippen molar-refractivity contribution in [2.45, 2.75) is 23.2 Å². The maximum atomic E-state index is 13.2. The van der Waals surface area contributed by atoms with Gasteiger partial charge >= 0.3 is 6.18 Å². The molecule has 182 valence electrons. The maximum absolute atomic E-state index is 13.2. The minimum absolute atomic E-state index is 0.129. The number of hydrogen-bond acceptors (Lipinski definition) is 6. The molecule has 1 aromatic heterocycles. The van der Waals surface area contributed by atoms with Crippen molar-refractivity contribution in [2.75, 3.05) is 19.5 Å². The molecule has 3 rings (SSSR count). The number of aliphatic hydroxyl groups excluding tert-OH is 2. The lowest BCUT2D eigenvalue weighted by molar-refractivity contribution is -0.141. The summed E-state index contributed by atoms with van der Waals surface area (Å²) >= 11 is 7.60. The monoisotopic (exact) mass is 515 g/mol. The van der Waals surface area contributed by atoms with Crippen LogP contribution in [0.2, 0.25) is 5.02 Å². The van der Waals surface area contributed by atoms with Gasteiger partial charge in [0.15, 0.2) is 12.3 Å². The fourth-order valence-corrected chi connectivity index (χ4v) is 3.67. The largest absolute Gasteiger partial charge is 0.467 e. The number of carbonyl (C=O) groups is 1. The molecule has 1 heterocycles. The summed E-state index contributed by atoms with van der Waals surface area (Å²) in [5, 5.41) is 26.2. The number of hydrogen-bond donors (Lipinski definition) is 3. The second-order valence-electron chi connectivity index (χ2n) is 7.09. The van der Waals surface area contributed by atoms with Gasteiger partial charge in [0, 0.05) is 11.0 Å². The third kappa shape index (κ3) is 6.23. The van der Waals surface area contributed by atoms with Crippen LogP contribution >= 0.6 is 23.4 Å². The van der Waals surface area contributed by atoms with Crippen molar-refractivity contribution in [3.05, 3.63) is 70.9 Å². The number of aromatic nitrogens is 2. The van der Waals surface area contributed by atoms with Gasteiger partial charge in [-0.25, -0.2) is 0 Å². The molecular weight excluding hydrogens is 495 g/mol. The fourth-order valence-electron chi connectivity index (χ4n) is 3.05. The van der Waals surface area contributed by atoms with Crippen LogP contribution in [0.4, 0.5) is 13.2 Å². The quantitative estimate of drug-likeness (QED) is 0.375. The van der Waals surface area contributed by atoms with Crippen LogP contribution in [0.3, 0.4) is 0 Å². The highest BCUT2D eigenvalue weighted by molar-refractivity contribution is 7.98. The number of amides is 1. The molecule has 0 fully saturated rings. The van der Waals surface area contributed by atoms with E-state index >= 15 is 0 Å². The lowest BCUT2D eigenvalue weighted by Crippen LogP contribution is -2.44. The predicted octanol–water partition coefficient (Wildman–Crippen LogP) is 3.86. The normalized spacial score (nSPS) is 13.4. The molecule has 0 saturated heterocycles. The molecule has 0 radical (unpaired) electrons. The van der Waals surface area contributed by atoms with Crippen LogP contribution in [0.25, 0.3) is 5.69 Å². The van der Waals surface area contributed by atoms with Crippen molar-refractivity contribution in [1.82, 2.24) is 15.1 Å². The summed E-state index contributed by atoms with van der Waals surface area (Å²) in [7, 11) is 0. The Morgan fingerprint density at radius 2 is 1.91 bits per heavy atom. The molecule has 0 spiro atoms. The van der Waals surface area contributed by atoms with Gasteiger partial charge in [-0.05, 0) is 36.1 Å². The van der Waals surface area contributed by atoms with Crippen molar-refractivity contribution >= 4 is 29.3 Å². The second-order valence-corrected chi connectivity index (χ2v) is 8.38. The van der Waals surface area contributed by atoms with E-state index in [0.717, 1.165) is 9.58 Å². The van der Waals surface area contributed by atoms with Crippen molar-refractivity contribution in [3.63, 3.8) is 0 Å². The molecule has 3 N–H and O–H groups in total. The Morgan fingerprint density at radius 1 is 1.24 bits per heavy atom. The first-order chi connectivity index (χ1) is 16.1. The van der Waals surface area contributed by atoms with E-state index < -0.39 is 43.1 Å². The van der Waals surface area contributed by atoms with Gasteiger partial charge in [-0.2, -0.15) is 23.0 Å². The van der Waals surface area contributed by atoms with Crippen molar-refractivity contribution in [1.29, 1.82) is 0 Å². The lowest BCUT2D eigenvalue weighted by Gasteiger charge is -2.23. The molecule has 0 aliphatic carbocycles. The number of para-hydroxylation sites is 1. The number of thioether (sulfide) groups is 1. The standard InChI is InChI=1S/C22H21ClF3N3O4S/c1-34-14-8-6-13(7-9-14)21(32)16(11-30)27-19(31)12-33-20-10-18(22(24,25)26)28-29(20)17-5-3-2-4-15(17)23/h2-10,16,21,30,32H,11-12H2,1H3,(H,27,31)/t16-,21-/m0/s1. The summed E-state index contributed by atoms with van der Waals surface area (Å²) in [6.45, 7) is -1.27. The first kappa shape index (κ1) is 25.9. The summed E-state index contributed by atoms with van der Waals surface area (Å²) in [4.78, 5) is 13.4. The number of nitrogens with one attached hydrogen (secondary N) is 1. The number of halogens is 4. The number of benzene rings is 2. The summed E-state index contributed by atoms with van der Waals surface area (Å²) < 4.78 is 45.8. The van der Waals surface area contributed by atoms with Crippen LogP contribution in [0, 0.1) is 0 Å².